The van der Waals surface area contributed by atoms with Crippen LogP contribution in [-0.2, 0) is 26.9 Å². The Labute approximate surface area is 222 Å². The van der Waals surface area contributed by atoms with E-state index >= 15 is 0 Å². The van der Waals surface area contributed by atoms with E-state index in [1.807, 2.05) is 0 Å². The van der Waals surface area contributed by atoms with Gasteiger partial charge in [0.1, 0.15) is 23.5 Å². The molecule has 0 saturated carbocycles. The third-order valence-corrected chi connectivity index (χ3v) is 7.86. The van der Waals surface area contributed by atoms with E-state index in [0.29, 0.717) is 16.7 Å². The molecule has 0 N–H and O–H groups in total. The van der Waals surface area contributed by atoms with Gasteiger partial charge in [0.25, 0.3) is 11.8 Å². The number of halogens is 3. The largest absolute Gasteiger partial charge is 0.389 e. The molecule has 1 fully saturated rings. The minimum Gasteiger partial charge on any atom is -0.389 e. The van der Waals surface area contributed by atoms with E-state index in [4.69, 9.17) is 11.6 Å². The van der Waals surface area contributed by atoms with E-state index < -0.39 is 40.5 Å². The van der Waals surface area contributed by atoms with E-state index in [9.17, 15) is 28.0 Å². The molecule has 1 saturated heterocycles. The number of hydrogen-bond acceptors (Lipinski definition) is 4. The summed E-state index contributed by atoms with van der Waals surface area (Å²) in [5.74, 6) is -7.35. The minimum absolute atomic E-state index is 0.129. The average molecular weight is 521 g/mol. The number of benzene rings is 2. The van der Waals surface area contributed by atoms with Crippen molar-refractivity contribution in [2.45, 2.75) is 36.1 Å². The van der Waals surface area contributed by atoms with Crippen molar-refractivity contribution in [2.75, 3.05) is 0 Å². The van der Waals surface area contributed by atoms with Gasteiger partial charge in [0.05, 0.1) is 5.44 Å². The first-order valence-electron chi connectivity index (χ1n) is 11.9. The lowest BCUT2D eigenvalue weighted by Crippen LogP contribution is -2.65. The molecule has 2 unspecified atom stereocenters. The molecule has 7 nitrogen and oxygen atoms in total. The molecular formula is C22H23B5ClF2N3O4. The maximum Gasteiger partial charge on any atom is 0.348 e. The predicted molar refractivity (Wildman–Crippen MR) is 147 cm³/mol. The monoisotopic (exact) mass is 521 g/mol. The highest BCUT2D eigenvalue weighted by molar-refractivity contribution is 6.42. The van der Waals surface area contributed by atoms with E-state index in [1.54, 1.807) is 41.7 Å². The third kappa shape index (κ3) is 4.39. The van der Waals surface area contributed by atoms with Crippen LogP contribution in [0.25, 0.3) is 0 Å². The highest BCUT2D eigenvalue weighted by Gasteiger charge is 2.52. The maximum atomic E-state index is 15.0. The van der Waals surface area contributed by atoms with E-state index in [-0.39, 0.29) is 29.8 Å². The van der Waals surface area contributed by atoms with Gasteiger partial charge in [-0.2, -0.15) is 8.78 Å². The SMILES string of the molecule is BC1C[C@](B)(N2Cc3cc(C(B)N(B)C(=O)C(F)(F)c4ccc(Cl)cc4)ccc3C2=O)C(=O)N(B)C1=O. The fourth-order valence-corrected chi connectivity index (χ4v) is 5.32. The first-order valence-corrected chi connectivity index (χ1v) is 12.3. The molecule has 0 aromatic heterocycles. The highest BCUT2D eigenvalue weighted by atomic mass is 35.5. The van der Waals surface area contributed by atoms with Crippen LogP contribution in [0.1, 0.15) is 39.4 Å². The molecule has 2 aromatic rings. The lowest BCUT2D eigenvalue weighted by molar-refractivity contribution is -0.154. The number of imide groups is 1. The van der Waals surface area contributed by atoms with Gasteiger partial charge in [-0.3, -0.25) is 19.2 Å². The van der Waals surface area contributed by atoms with Crippen LogP contribution in [0.5, 0.6) is 0 Å². The second kappa shape index (κ2) is 9.38. The zero-order valence-electron chi connectivity index (χ0n) is 21.2. The number of carbonyl (C=O) groups is 4. The zero-order valence-corrected chi connectivity index (χ0v) is 22.0. The van der Waals surface area contributed by atoms with Gasteiger partial charge in [0.15, 0.2) is 0 Å². The van der Waals surface area contributed by atoms with Gasteiger partial charge in [0.2, 0.25) is 27.8 Å². The van der Waals surface area contributed by atoms with Gasteiger partial charge in [0, 0.05) is 34.5 Å². The summed E-state index contributed by atoms with van der Waals surface area (Å²) < 4.78 is 29.9. The standard InChI is InChI=1S/C22H23B5ClF2N3O4/c23-15-8-21(25,19(36)33(27)18(15)35)31-9-11-7-10(1-6-14(11)17(31)34)16(24)32(26)20(37)22(29,30)12-2-4-13(28)5-3-12/h1-7,15-16H,8-9,23-27H2/t15?,16?,21-/m0/s1. The van der Waals surface area contributed by atoms with Crippen molar-refractivity contribution in [2.24, 2.45) is 0 Å². The van der Waals surface area contributed by atoms with Crippen LogP contribution in [0.3, 0.4) is 0 Å². The summed E-state index contributed by atoms with van der Waals surface area (Å²) in [6.07, 6.45) is 0.203. The zero-order chi connectivity index (χ0) is 27.4. The summed E-state index contributed by atoms with van der Waals surface area (Å²) >= 11 is 5.78. The summed E-state index contributed by atoms with van der Waals surface area (Å²) in [6.45, 7) is 0.129. The Balaban J connectivity index is 1.57. The van der Waals surface area contributed by atoms with Crippen molar-refractivity contribution in [3.05, 3.63) is 69.7 Å². The van der Waals surface area contributed by atoms with Gasteiger partial charge in [-0.1, -0.05) is 35.9 Å². The summed E-state index contributed by atoms with van der Waals surface area (Å²) in [5, 5.41) is 0.284. The van der Waals surface area contributed by atoms with Crippen molar-refractivity contribution >= 4 is 74.7 Å². The number of fused-ring (bicyclic) bond motifs is 1. The Morgan fingerprint density at radius 3 is 2.41 bits per heavy atom. The highest BCUT2D eigenvalue weighted by Crippen LogP contribution is 2.38. The van der Waals surface area contributed by atoms with E-state index in [0.717, 1.165) is 21.8 Å². The lowest BCUT2D eigenvalue weighted by atomic mass is 9.61. The number of rotatable bonds is 5. The normalized spacial score (nSPS) is 22.7. The molecule has 0 aliphatic carbocycles. The van der Waals surface area contributed by atoms with Crippen LogP contribution >= 0.6 is 11.6 Å². The molecule has 15 heteroatoms. The predicted octanol–water partition coefficient (Wildman–Crippen LogP) is -1.85. The molecule has 37 heavy (non-hydrogen) atoms. The molecule has 2 aliphatic rings. The smallest absolute Gasteiger partial charge is 0.348 e. The number of hydrogen-bond donors (Lipinski definition) is 0. The lowest BCUT2D eigenvalue weighted by Gasteiger charge is -2.45. The molecular weight excluding hydrogens is 498 g/mol. The summed E-state index contributed by atoms with van der Waals surface area (Å²) in [4.78, 5) is 54.9. The van der Waals surface area contributed by atoms with Gasteiger partial charge in [-0.25, -0.2) is 0 Å². The van der Waals surface area contributed by atoms with Gasteiger partial charge < -0.3 is 14.5 Å². The molecule has 4 amide bonds. The van der Waals surface area contributed by atoms with Crippen LogP contribution in [-0.4, -0.2) is 83.1 Å². The second-order valence-electron chi connectivity index (χ2n) is 10.1. The maximum absolute atomic E-state index is 15.0. The van der Waals surface area contributed by atoms with E-state index in [2.05, 4.69) is 0 Å². The van der Waals surface area contributed by atoms with Crippen molar-refractivity contribution < 1.29 is 28.0 Å². The van der Waals surface area contributed by atoms with Crippen molar-refractivity contribution in [3.63, 3.8) is 0 Å². The number of amides is 4. The molecule has 0 radical (unpaired) electrons. The van der Waals surface area contributed by atoms with Crippen LogP contribution in [0.15, 0.2) is 42.5 Å². The summed E-state index contributed by atoms with van der Waals surface area (Å²) in [6, 6.07) is 9.76. The van der Waals surface area contributed by atoms with Crippen LogP contribution < -0.4 is 0 Å². The molecule has 0 bridgehead atoms. The Bertz CT molecular complexity index is 1320. The van der Waals surface area contributed by atoms with Gasteiger partial charge in [-0.05, 0) is 35.7 Å². The van der Waals surface area contributed by atoms with Crippen molar-refractivity contribution in [1.29, 1.82) is 0 Å². The van der Waals surface area contributed by atoms with Crippen LogP contribution in [0.2, 0.25) is 10.8 Å². The van der Waals surface area contributed by atoms with Crippen LogP contribution in [0.4, 0.5) is 8.78 Å². The molecule has 4 rings (SSSR count). The topological polar surface area (TPSA) is 78.0 Å². The second-order valence-corrected chi connectivity index (χ2v) is 10.5. The van der Waals surface area contributed by atoms with Gasteiger partial charge in [-0.15, -0.1) is 0 Å². The van der Waals surface area contributed by atoms with E-state index in [1.165, 1.54) is 33.0 Å². The average Bonchev–Trinajstić information content (AvgIpc) is 3.21. The molecule has 2 aliphatic heterocycles. The quantitative estimate of drug-likeness (QED) is 0.343. The molecule has 2 aromatic carbocycles. The first-order chi connectivity index (χ1) is 17.2. The Hall–Kier alpha value is -3.01. The number of nitrogens with zero attached hydrogens (tertiary/aromatic N) is 3. The van der Waals surface area contributed by atoms with Crippen molar-refractivity contribution in [3.8, 4) is 0 Å². The fraction of sp³-hybridized carbons (Fsp3) is 0.273. The first kappa shape index (κ1) is 27.0. The molecule has 3 atom stereocenters. The Morgan fingerprint density at radius 2 is 1.78 bits per heavy atom. The number of alkyl halides is 2. The van der Waals surface area contributed by atoms with Gasteiger partial charge >= 0.3 is 5.92 Å². The third-order valence-electron chi connectivity index (χ3n) is 7.61. The Morgan fingerprint density at radius 1 is 1.16 bits per heavy atom. The number of carbonyl (C=O) groups excluding carboxylic acids is 4. The van der Waals surface area contributed by atoms with Crippen LogP contribution in [0, 0.1) is 0 Å². The molecule has 186 valence electrons. The van der Waals surface area contributed by atoms with Crippen molar-refractivity contribution in [1.82, 2.24) is 14.5 Å². The fourth-order valence-electron chi connectivity index (χ4n) is 5.19. The molecule has 2 heterocycles. The Kier molecular flexibility index (Phi) is 6.86. The minimum atomic E-state index is -3.76. The number of piperidine rings is 1. The summed E-state index contributed by atoms with van der Waals surface area (Å²) in [5.41, 5.74) is -0.0631. The summed E-state index contributed by atoms with van der Waals surface area (Å²) in [7, 11) is 7.73. The molecule has 0 spiro atoms.